The van der Waals surface area contributed by atoms with E-state index in [1.165, 1.54) is 11.1 Å². The molecule has 1 aliphatic heterocycles. The van der Waals surface area contributed by atoms with Crippen molar-refractivity contribution in [2.24, 2.45) is 0 Å². The second-order valence-corrected chi connectivity index (χ2v) is 8.32. The van der Waals surface area contributed by atoms with Gasteiger partial charge in [-0.2, -0.15) is 10.2 Å². The summed E-state index contributed by atoms with van der Waals surface area (Å²) in [6, 6.07) is 15.7. The molecule has 0 bridgehead atoms. The molecule has 164 valence electrons. The SMILES string of the molecule is Cc1ccc(-n2nc3c(c2-n2cccc2)CN(C(=O)c2cc(-c4ccco4)[nH]n2)C3)cc1C. The molecule has 5 heterocycles. The van der Waals surface area contributed by atoms with Gasteiger partial charge in [0.05, 0.1) is 30.7 Å². The standard InChI is InChI=1S/C25H22N6O2/c1-16-7-8-18(12-17(16)2)31-24(29-9-3-4-10-29)19-14-30(15-22(19)28-31)25(32)21-13-20(26-27-21)23-6-5-11-33-23/h3-13H,14-15H2,1-2H3,(H,26,27). The van der Waals surface area contributed by atoms with Crippen molar-refractivity contribution in [2.45, 2.75) is 26.9 Å². The van der Waals surface area contributed by atoms with E-state index in [1.807, 2.05) is 35.3 Å². The van der Waals surface area contributed by atoms with E-state index in [2.05, 4.69) is 46.8 Å². The molecule has 0 aliphatic carbocycles. The Bertz CT molecular complexity index is 1460. The molecule has 8 nitrogen and oxygen atoms in total. The van der Waals surface area contributed by atoms with Gasteiger partial charge >= 0.3 is 0 Å². The van der Waals surface area contributed by atoms with Crippen molar-refractivity contribution in [1.29, 1.82) is 0 Å². The second kappa shape index (κ2) is 7.37. The van der Waals surface area contributed by atoms with E-state index in [0.717, 1.165) is 22.8 Å². The highest BCUT2D eigenvalue weighted by atomic mass is 16.3. The number of nitrogens with zero attached hydrogens (tertiary/aromatic N) is 5. The summed E-state index contributed by atoms with van der Waals surface area (Å²) in [6.45, 7) is 5.11. The van der Waals surface area contributed by atoms with E-state index < -0.39 is 0 Å². The molecule has 0 radical (unpaired) electrons. The van der Waals surface area contributed by atoms with Crippen LogP contribution < -0.4 is 0 Å². The van der Waals surface area contributed by atoms with Crippen LogP contribution in [0.1, 0.15) is 32.9 Å². The molecule has 0 unspecified atom stereocenters. The maximum atomic E-state index is 13.2. The first-order valence-corrected chi connectivity index (χ1v) is 10.8. The Morgan fingerprint density at radius 2 is 1.88 bits per heavy atom. The summed E-state index contributed by atoms with van der Waals surface area (Å²) in [7, 11) is 0. The van der Waals surface area contributed by atoms with Crippen LogP contribution in [0.5, 0.6) is 0 Å². The number of benzene rings is 1. The fraction of sp³-hybridized carbons (Fsp3) is 0.160. The summed E-state index contributed by atoms with van der Waals surface area (Å²) in [5, 5.41) is 12.0. The topological polar surface area (TPSA) is 84.9 Å². The van der Waals surface area contributed by atoms with E-state index in [4.69, 9.17) is 9.52 Å². The number of hydrogen-bond donors (Lipinski definition) is 1. The normalized spacial score (nSPS) is 13.0. The van der Waals surface area contributed by atoms with Crippen molar-refractivity contribution in [3.8, 4) is 23.0 Å². The van der Waals surface area contributed by atoms with Crippen molar-refractivity contribution in [1.82, 2.24) is 29.4 Å². The summed E-state index contributed by atoms with van der Waals surface area (Å²) >= 11 is 0. The Balaban J connectivity index is 1.34. The van der Waals surface area contributed by atoms with Gasteiger partial charge in [0.2, 0.25) is 0 Å². The molecular formula is C25H22N6O2. The third kappa shape index (κ3) is 3.18. The molecule has 4 aromatic heterocycles. The highest BCUT2D eigenvalue weighted by Gasteiger charge is 2.32. The van der Waals surface area contributed by atoms with Crippen LogP contribution in [0.15, 0.2) is 71.6 Å². The van der Waals surface area contributed by atoms with Crippen molar-refractivity contribution in [3.63, 3.8) is 0 Å². The molecule has 0 saturated carbocycles. The van der Waals surface area contributed by atoms with Crippen LogP contribution in [0.3, 0.4) is 0 Å². The highest BCUT2D eigenvalue weighted by molar-refractivity contribution is 5.93. The van der Waals surface area contributed by atoms with E-state index >= 15 is 0 Å². The van der Waals surface area contributed by atoms with Crippen LogP contribution in [0.25, 0.3) is 23.0 Å². The van der Waals surface area contributed by atoms with Gasteiger partial charge in [-0.05, 0) is 61.4 Å². The molecule has 1 aromatic carbocycles. The van der Waals surface area contributed by atoms with Gasteiger partial charge in [0.15, 0.2) is 11.5 Å². The van der Waals surface area contributed by atoms with E-state index in [0.29, 0.717) is 30.2 Å². The third-order valence-electron chi connectivity index (χ3n) is 6.18. The van der Waals surface area contributed by atoms with Crippen LogP contribution >= 0.6 is 0 Å². The number of furan rings is 1. The quantitative estimate of drug-likeness (QED) is 0.450. The zero-order valence-corrected chi connectivity index (χ0v) is 18.3. The highest BCUT2D eigenvalue weighted by Crippen LogP contribution is 2.32. The first kappa shape index (κ1) is 19.4. The molecular weight excluding hydrogens is 416 g/mol. The lowest BCUT2D eigenvalue weighted by Gasteiger charge is -2.17. The first-order chi connectivity index (χ1) is 16.1. The zero-order chi connectivity index (χ0) is 22.5. The number of aromatic amines is 1. The van der Waals surface area contributed by atoms with Crippen molar-refractivity contribution >= 4 is 5.91 Å². The minimum absolute atomic E-state index is 0.141. The Kier molecular flexibility index (Phi) is 4.33. The number of nitrogens with one attached hydrogen (secondary N) is 1. The molecule has 6 rings (SSSR count). The van der Waals surface area contributed by atoms with Crippen LogP contribution in [0, 0.1) is 13.8 Å². The lowest BCUT2D eigenvalue weighted by Crippen LogP contribution is -2.26. The Hall–Kier alpha value is -4.33. The number of hydrogen-bond acceptors (Lipinski definition) is 4. The van der Waals surface area contributed by atoms with E-state index in [1.54, 1.807) is 23.3 Å². The molecule has 0 atom stereocenters. The summed E-state index contributed by atoms with van der Waals surface area (Å²) in [6.07, 6.45) is 5.60. The number of carbonyl (C=O) groups is 1. The maximum Gasteiger partial charge on any atom is 0.275 e. The van der Waals surface area contributed by atoms with Crippen LogP contribution in [0.4, 0.5) is 0 Å². The third-order valence-corrected chi connectivity index (χ3v) is 6.18. The van der Waals surface area contributed by atoms with E-state index in [-0.39, 0.29) is 5.91 Å². The van der Waals surface area contributed by atoms with Crippen molar-refractivity contribution < 1.29 is 9.21 Å². The monoisotopic (exact) mass is 438 g/mol. The number of aromatic nitrogens is 5. The lowest BCUT2D eigenvalue weighted by molar-refractivity contribution is 0.0743. The predicted molar refractivity (Wildman–Crippen MR) is 122 cm³/mol. The Morgan fingerprint density at radius 1 is 1.03 bits per heavy atom. The zero-order valence-electron chi connectivity index (χ0n) is 18.3. The van der Waals surface area contributed by atoms with Gasteiger partial charge in [-0.3, -0.25) is 9.89 Å². The summed E-state index contributed by atoms with van der Waals surface area (Å²) < 4.78 is 9.42. The number of fused-ring (bicyclic) bond motifs is 1. The fourth-order valence-corrected chi connectivity index (χ4v) is 4.28. The van der Waals surface area contributed by atoms with Gasteiger partial charge in [-0.1, -0.05) is 6.07 Å². The van der Waals surface area contributed by atoms with Gasteiger partial charge < -0.3 is 13.9 Å². The molecule has 1 aliphatic rings. The summed E-state index contributed by atoms with van der Waals surface area (Å²) in [4.78, 5) is 15.0. The number of H-pyrrole nitrogens is 1. The molecule has 0 spiro atoms. The van der Waals surface area contributed by atoms with Gasteiger partial charge in [0, 0.05) is 24.0 Å². The minimum Gasteiger partial charge on any atom is -0.463 e. The van der Waals surface area contributed by atoms with Gasteiger partial charge in [-0.15, -0.1) is 0 Å². The van der Waals surface area contributed by atoms with Crippen LogP contribution in [-0.2, 0) is 13.1 Å². The Labute approximate surface area is 190 Å². The summed E-state index contributed by atoms with van der Waals surface area (Å²) in [5.41, 5.74) is 6.43. The maximum absolute atomic E-state index is 13.2. The number of amides is 1. The molecule has 5 aromatic rings. The van der Waals surface area contributed by atoms with Crippen molar-refractivity contribution in [2.75, 3.05) is 0 Å². The Morgan fingerprint density at radius 3 is 2.64 bits per heavy atom. The predicted octanol–water partition coefficient (Wildman–Crippen LogP) is 4.42. The fourth-order valence-electron chi connectivity index (χ4n) is 4.28. The largest absolute Gasteiger partial charge is 0.463 e. The van der Waals surface area contributed by atoms with Crippen molar-refractivity contribution in [3.05, 3.63) is 95.3 Å². The molecule has 8 heteroatoms. The smallest absolute Gasteiger partial charge is 0.275 e. The van der Waals surface area contributed by atoms with Gasteiger partial charge in [0.25, 0.3) is 5.91 Å². The minimum atomic E-state index is -0.141. The molecule has 1 N–H and O–H groups in total. The molecule has 33 heavy (non-hydrogen) atoms. The molecule has 1 amide bonds. The van der Waals surface area contributed by atoms with Crippen LogP contribution in [-0.4, -0.2) is 35.4 Å². The average Bonchev–Trinajstić information content (AvgIpc) is 3.62. The first-order valence-electron chi connectivity index (χ1n) is 10.8. The van der Waals surface area contributed by atoms with Gasteiger partial charge in [-0.25, -0.2) is 4.68 Å². The lowest BCUT2D eigenvalue weighted by atomic mass is 10.1. The number of carbonyl (C=O) groups excluding carboxylic acids is 1. The van der Waals surface area contributed by atoms with E-state index in [9.17, 15) is 4.79 Å². The summed E-state index contributed by atoms with van der Waals surface area (Å²) in [5.74, 6) is 1.45. The second-order valence-electron chi connectivity index (χ2n) is 8.32. The van der Waals surface area contributed by atoms with Gasteiger partial charge in [0.1, 0.15) is 11.5 Å². The number of aryl methyl sites for hydroxylation is 2. The average molecular weight is 438 g/mol. The number of rotatable bonds is 4. The molecule has 0 saturated heterocycles. The molecule has 0 fully saturated rings. The van der Waals surface area contributed by atoms with Crippen LogP contribution in [0.2, 0.25) is 0 Å².